The van der Waals surface area contributed by atoms with Gasteiger partial charge in [0, 0.05) is 23.5 Å². The molecule has 1 aliphatic heterocycles. The third-order valence-corrected chi connectivity index (χ3v) is 4.84. The summed E-state index contributed by atoms with van der Waals surface area (Å²) < 4.78 is 5.00. The normalized spacial score (nSPS) is 14.1. The number of amidine groups is 1. The van der Waals surface area contributed by atoms with Crippen LogP contribution in [0.3, 0.4) is 0 Å². The molecule has 0 aliphatic carbocycles. The predicted octanol–water partition coefficient (Wildman–Crippen LogP) is 4.20. The molecule has 1 aliphatic rings. The highest BCUT2D eigenvalue weighted by Gasteiger charge is 2.07. The Morgan fingerprint density at radius 3 is 2.73 bits per heavy atom. The third-order valence-electron chi connectivity index (χ3n) is 3.85. The molecule has 0 atom stereocenters. The number of anilines is 1. The lowest BCUT2D eigenvalue weighted by atomic mass is 10.1. The number of aromatic hydroxyl groups is 1. The van der Waals surface area contributed by atoms with Gasteiger partial charge in [-0.05, 0) is 54.5 Å². The summed E-state index contributed by atoms with van der Waals surface area (Å²) in [5.74, 6) is 1.42. The van der Waals surface area contributed by atoms with Gasteiger partial charge >= 0.3 is 0 Å². The summed E-state index contributed by atoms with van der Waals surface area (Å²) >= 11 is 1.71. The smallest absolute Gasteiger partial charge is 0.185 e. The first-order valence-corrected chi connectivity index (χ1v) is 9.28. The molecule has 1 heterocycles. The molecule has 6 heteroatoms. The Hall–Kier alpha value is -2.73. The lowest BCUT2D eigenvalue weighted by molar-refractivity contribution is 0.104. The minimum Gasteiger partial charge on any atom is -0.504 e. The van der Waals surface area contributed by atoms with Gasteiger partial charge in [0.25, 0.3) is 0 Å². The molecule has 0 bridgehead atoms. The topological polar surface area (TPSA) is 70.9 Å². The van der Waals surface area contributed by atoms with Crippen LogP contribution in [0.25, 0.3) is 6.08 Å². The van der Waals surface area contributed by atoms with Crippen LogP contribution in [0, 0.1) is 0 Å². The number of carbonyl (C=O) groups is 1. The van der Waals surface area contributed by atoms with Crippen LogP contribution in [0.2, 0.25) is 0 Å². The Balaban J connectivity index is 1.64. The Kier molecular flexibility index (Phi) is 5.96. The number of phenols is 1. The van der Waals surface area contributed by atoms with E-state index in [1.165, 1.54) is 13.2 Å². The molecule has 26 heavy (non-hydrogen) atoms. The number of methoxy groups -OCH3 is 1. The van der Waals surface area contributed by atoms with Crippen LogP contribution in [0.4, 0.5) is 5.69 Å². The summed E-state index contributed by atoms with van der Waals surface area (Å²) in [6, 6.07) is 12.3. The van der Waals surface area contributed by atoms with Gasteiger partial charge in [-0.15, -0.1) is 0 Å². The maximum absolute atomic E-state index is 12.3. The zero-order chi connectivity index (χ0) is 18.4. The molecule has 3 rings (SSSR count). The molecule has 0 fully saturated rings. The second kappa shape index (κ2) is 8.58. The first-order valence-electron chi connectivity index (χ1n) is 8.29. The van der Waals surface area contributed by atoms with E-state index in [2.05, 4.69) is 10.3 Å². The second-order valence-electron chi connectivity index (χ2n) is 5.72. The number of benzene rings is 2. The molecule has 0 amide bonds. The molecular formula is C20H20N2O3S. The molecular weight excluding hydrogens is 348 g/mol. The van der Waals surface area contributed by atoms with Crippen LogP contribution >= 0.6 is 11.8 Å². The summed E-state index contributed by atoms with van der Waals surface area (Å²) in [6.07, 6.45) is 4.27. The van der Waals surface area contributed by atoms with Crippen LogP contribution < -0.4 is 10.1 Å². The minimum atomic E-state index is -0.101. The summed E-state index contributed by atoms with van der Waals surface area (Å²) in [7, 11) is 1.49. The Labute approximate surface area is 156 Å². The zero-order valence-electron chi connectivity index (χ0n) is 14.4. The number of ether oxygens (including phenoxy) is 1. The maximum atomic E-state index is 12.3. The number of rotatable bonds is 5. The van der Waals surface area contributed by atoms with Crippen LogP contribution in [-0.4, -0.2) is 35.5 Å². The lowest BCUT2D eigenvalue weighted by Crippen LogP contribution is -2.13. The Morgan fingerprint density at radius 2 is 2.08 bits per heavy atom. The van der Waals surface area contributed by atoms with Crippen molar-refractivity contribution in [2.75, 3.05) is 24.7 Å². The third kappa shape index (κ3) is 4.67. The van der Waals surface area contributed by atoms with Crippen molar-refractivity contribution in [3.8, 4) is 11.5 Å². The van der Waals surface area contributed by atoms with Gasteiger partial charge in [-0.25, -0.2) is 0 Å². The number of aliphatic imine (C=N–C) groups is 1. The van der Waals surface area contributed by atoms with E-state index in [0.717, 1.165) is 35.1 Å². The molecule has 0 saturated carbocycles. The van der Waals surface area contributed by atoms with Crippen molar-refractivity contribution in [2.24, 2.45) is 4.99 Å². The van der Waals surface area contributed by atoms with E-state index in [9.17, 15) is 9.90 Å². The number of nitrogens with one attached hydrogen (secondary N) is 1. The molecule has 0 aromatic heterocycles. The van der Waals surface area contributed by atoms with Gasteiger partial charge in [0.15, 0.2) is 22.4 Å². The molecule has 2 aromatic rings. The van der Waals surface area contributed by atoms with Crippen LogP contribution in [-0.2, 0) is 0 Å². The van der Waals surface area contributed by atoms with Gasteiger partial charge < -0.3 is 15.2 Å². The van der Waals surface area contributed by atoms with Crippen LogP contribution in [0.15, 0.2) is 53.5 Å². The monoisotopic (exact) mass is 368 g/mol. The van der Waals surface area contributed by atoms with Crippen molar-refractivity contribution in [2.45, 2.75) is 6.42 Å². The summed E-state index contributed by atoms with van der Waals surface area (Å²) in [5, 5.41) is 14.0. The number of phenolic OH excluding ortho intramolecular Hbond substituents is 1. The average Bonchev–Trinajstić information content (AvgIpc) is 2.67. The molecule has 5 nitrogen and oxygen atoms in total. The number of ketones is 1. The fourth-order valence-electron chi connectivity index (χ4n) is 2.46. The number of allylic oxidation sites excluding steroid dienone is 1. The number of hydrogen-bond donors (Lipinski definition) is 2. The van der Waals surface area contributed by atoms with Crippen LogP contribution in [0.5, 0.6) is 11.5 Å². The molecule has 0 radical (unpaired) electrons. The van der Waals surface area contributed by atoms with Crippen molar-refractivity contribution in [3.63, 3.8) is 0 Å². The van der Waals surface area contributed by atoms with Crippen molar-refractivity contribution in [3.05, 3.63) is 59.7 Å². The van der Waals surface area contributed by atoms with E-state index < -0.39 is 0 Å². The highest BCUT2D eigenvalue weighted by atomic mass is 32.2. The van der Waals surface area contributed by atoms with Crippen molar-refractivity contribution < 1.29 is 14.6 Å². The van der Waals surface area contributed by atoms with E-state index in [4.69, 9.17) is 4.74 Å². The van der Waals surface area contributed by atoms with E-state index in [0.29, 0.717) is 11.3 Å². The van der Waals surface area contributed by atoms with Gasteiger partial charge in [-0.3, -0.25) is 9.79 Å². The summed E-state index contributed by atoms with van der Waals surface area (Å²) in [5.41, 5.74) is 2.24. The van der Waals surface area contributed by atoms with Gasteiger partial charge in [-0.1, -0.05) is 23.9 Å². The number of carbonyl (C=O) groups excluding carboxylic acids is 1. The SMILES string of the molecule is COc1ccc(/C=C/C(=O)c2ccc(NC3=NCCCS3)cc2)cc1O. The summed E-state index contributed by atoms with van der Waals surface area (Å²) in [6.45, 7) is 0.859. The van der Waals surface area contributed by atoms with E-state index >= 15 is 0 Å². The fraction of sp³-hybridized carbons (Fsp3) is 0.200. The fourth-order valence-corrected chi connectivity index (χ4v) is 3.29. The molecule has 2 N–H and O–H groups in total. The largest absolute Gasteiger partial charge is 0.504 e. The first kappa shape index (κ1) is 18.1. The lowest BCUT2D eigenvalue weighted by Gasteiger charge is -2.13. The van der Waals surface area contributed by atoms with E-state index in [1.807, 2.05) is 12.1 Å². The molecule has 0 spiro atoms. The van der Waals surface area contributed by atoms with Crippen molar-refractivity contribution in [1.29, 1.82) is 0 Å². The first-order chi connectivity index (χ1) is 12.7. The number of hydrogen-bond acceptors (Lipinski definition) is 6. The maximum Gasteiger partial charge on any atom is 0.185 e. The van der Waals surface area contributed by atoms with Gasteiger partial charge in [0.2, 0.25) is 0 Å². The minimum absolute atomic E-state index is 0.0426. The van der Waals surface area contributed by atoms with E-state index in [1.54, 1.807) is 48.2 Å². The van der Waals surface area contributed by atoms with Gasteiger partial charge in [0.1, 0.15) is 0 Å². The Morgan fingerprint density at radius 1 is 1.27 bits per heavy atom. The summed E-state index contributed by atoms with van der Waals surface area (Å²) in [4.78, 5) is 16.7. The molecule has 134 valence electrons. The standard InChI is InChI=1S/C20H20N2O3S/c1-25-19-10-4-14(13-18(19)24)3-9-17(23)15-5-7-16(8-6-15)22-20-21-11-2-12-26-20/h3-10,13,24H,2,11-12H2,1H3,(H,21,22)/b9-3+. The van der Waals surface area contributed by atoms with Gasteiger partial charge in [-0.2, -0.15) is 0 Å². The zero-order valence-corrected chi connectivity index (χ0v) is 15.3. The van der Waals surface area contributed by atoms with Gasteiger partial charge in [0.05, 0.1) is 7.11 Å². The molecule has 2 aromatic carbocycles. The number of thioether (sulfide) groups is 1. The Bertz CT molecular complexity index is 845. The number of nitrogens with zero attached hydrogens (tertiary/aromatic N) is 1. The predicted molar refractivity (Wildman–Crippen MR) is 107 cm³/mol. The molecule has 0 saturated heterocycles. The van der Waals surface area contributed by atoms with Crippen molar-refractivity contribution >= 4 is 34.5 Å². The van der Waals surface area contributed by atoms with Crippen molar-refractivity contribution in [1.82, 2.24) is 0 Å². The average molecular weight is 368 g/mol. The van der Waals surface area contributed by atoms with Crippen LogP contribution in [0.1, 0.15) is 22.3 Å². The quantitative estimate of drug-likeness (QED) is 0.611. The van der Waals surface area contributed by atoms with E-state index in [-0.39, 0.29) is 11.5 Å². The highest BCUT2D eigenvalue weighted by molar-refractivity contribution is 8.14. The second-order valence-corrected chi connectivity index (χ2v) is 6.80. The highest BCUT2D eigenvalue weighted by Crippen LogP contribution is 2.26. The molecule has 0 unspecified atom stereocenters.